The van der Waals surface area contributed by atoms with E-state index in [9.17, 15) is 22.4 Å². The first kappa shape index (κ1) is 20.3. The number of ether oxygens (including phenoxy) is 1. The molecule has 0 amide bonds. The minimum Gasteiger partial charge on any atom is -0.453 e. The van der Waals surface area contributed by atoms with Crippen LogP contribution in [-0.4, -0.2) is 29.6 Å². The van der Waals surface area contributed by atoms with Crippen LogP contribution in [0, 0.1) is 5.82 Å². The van der Waals surface area contributed by atoms with Crippen LogP contribution in [0.2, 0.25) is 5.02 Å². The summed E-state index contributed by atoms with van der Waals surface area (Å²) >= 11 is 7.38. The first-order valence-electron chi connectivity index (χ1n) is 7.80. The average Bonchev–Trinajstić information content (AvgIpc) is 3.13. The van der Waals surface area contributed by atoms with E-state index in [4.69, 9.17) is 11.6 Å². The number of esters is 1. The lowest BCUT2D eigenvalue weighted by atomic mass is 9.96. The summed E-state index contributed by atoms with van der Waals surface area (Å²) in [6.45, 7) is -0.244. The van der Waals surface area contributed by atoms with Crippen LogP contribution in [0.4, 0.5) is 17.6 Å². The lowest BCUT2D eigenvalue weighted by Gasteiger charge is -2.26. The zero-order valence-corrected chi connectivity index (χ0v) is 15.8. The van der Waals surface area contributed by atoms with Crippen molar-refractivity contribution in [2.75, 3.05) is 6.61 Å². The molecule has 1 aliphatic rings. The smallest absolute Gasteiger partial charge is 0.422 e. The van der Waals surface area contributed by atoms with E-state index in [-0.39, 0.29) is 21.9 Å². The van der Waals surface area contributed by atoms with Gasteiger partial charge < -0.3 is 10.1 Å². The minimum atomic E-state index is -4.68. The molecule has 3 rings (SSSR count). The molecule has 148 valence electrons. The maximum absolute atomic E-state index is 13.4. The van der Waals surface area contributed by atoms with E-state index in [0.717, 1.165) is 12.1 Å². The summed E-state index contributed by atoms with van der Waals surface area (Å²) in [6.07, 6.45) is -3.12. The number of alkyl halides is 3. The summed E-state index contributed by atoms with van der Waals surface area (Å²) in [7, 11) is 0. The minimum absolute atomic E-state index is 0.0249. The van der Waals surface area contributed by atoms with Crippen LogP contribution in [0.25, 0.3) is 0 Å². The summed E-state index contributed by atoms with van der Waals surface area (Å²) in [6, 6.07) is 2.39. The van der Waals surface area contributed by atoms with Gasteiger partial charge in [-0.25, -0.2) is 14.2 Å². The van der Waals surface area contributed by atoms with Gasteiger partial charge >= 0.3 is 12.1 Å². The Morgan fingerprint density at radius 2 is 2.14 bits per heavy atom. The molecule has 5 nitrogen and oxygen atoms in total. The van der Waals surface area contributed by atoms with Crippen LogP contribution in [0.3, 0.4) is 0 Å². The van der Waals surface area contributed by atoms with Crippen molar-refractivity contribution in [2.45, 2.75) is 19.1 Å². The van der Waals surface area contributed by atoms with Crippen LogP contribution in [0.1, 0.15) is 23.5 Å². The Balaban J connectivity index is 2.03. The molecule has 0 radical (unpaired) electrons. The molecule has 0 spiro atoms. The predicted octanol–water partition coefficient (Wildman–Crippen LogP) is 4.41. The number of allylic oxidation sites excluding steroid dienone is 1. The van der Waals surface area contributed by atoms with Crippen molar-refractivity contribution in [1.29, 1.82) is 0 Å². The molecule has 28 heavy (non-hydrogen) atoms. The number of nitrogens with zero attached hydrogens (tertiary/aromatic N) is 2. The Bertz CT molecular complexity index is 958. The maximum atomic E-state index is 13.4. The summed E-state index contributed by atoms with van der Waals surface area (Å²) in [5, 5.41) is 5.05. The lowest BCUT2D eigenvalue weighted by Crippen LogP contribution is -2.33. The van der Waals surface area contributed by atoms with Gasteiger partial charge in [0.25, 0.3) is 0 Å². The van der Waals surface area contributed by atoms with Crippen molar-refractivity contribution in [3.63, 3.8) is 0 Å². The van der Waals surface area contributed by atoms with Crippen LogP contribution < -0.4 is 5.32 Å². The number of benzene rings is 1. The van der Waals surface area contributed by atoms with Crippen LogP contribution >= 0.6 is 22.9 Å². The van der Waals surface area contributed by atoms with Gasteiger partial charge in [-0.05, 0) is 19.1 Å². The number of thiazole rings is 1. The molecule has 0 unspecified atom stereocenters. The Morgan fingerprint density at radius 3 is 2.75 bits per heavy atom. The SMILES string of the molecule is CC1=C(C(=O)OCC(F)(F)F)[C@H](c2ccc(F)cc2Cl)N=C(c2nccs2)N1. The first-order chi connectivity index (χ1) is 13.2. The molecule has 1 aliphatic heterocycles. The highest BCUT2D eigenvalue weighted by atomic mass is 35.5. The van der Waals surface area contributed by atoms with Gasteiger partial charge in [-0.15, -0.1) is 11.3 Å². The molecule has 0 fully saturated rings. The van der Waals surface area contributed by atoms with Crippen LogP contribution in [0.5, 0.6) is 0 Å². The van der Waals surface area contributed by atoms with E-state index in [2.05, 4.69) is 20.0 Å². The molecule has 2 aromatic rings. The van der Waals surface area contributed by atoms with Gasteiger partial charge in [0.15, 0.2) is 17.5 Å². The number of rotatable bonds is 4. The molecular weight excluding hydrogens is 422 g/mol. The second kappa shape index (κ2) is 7.88. The number of carbonyl (C=O) groups is 1. The fraction of sp³-hybridized carbons (Fsp3) is 0.235. The van der Waals surface area contributed by atoms with Crippen molar-refractivity contribution < 1.29 is 27.1 Å². The maximum Gasteiger partial charge on any atom is 0.422 e. The third-order valence-electron chi connectivity index (χ3n) is 3.72. The highest BCUT2D eigenvalue weighted by molar-refractivity contribution is 7.11. The summed E-state index contributed by atoms with van der Waals surface area (Å²) in [5.74, 6) is -1.49. The Hall–Kier alpha value is -2.46. The Kier molecular flexibility index (Phi) is 5.71. The number of nitrogens with one attached hydrogen (secondary N) is 1. The summed E-state index contributed by atoms with van der Waals surface area (Å²) in [5.41, 5.74) is 0.327. The molecule has 0 aliphatic carbocycles. The molecule has 11 heteroatoms. The van der Waals surface area contributed by atoms with Gasteiger partial charge in [-0.3, -0.25) is 4.99 Å². The fourth-order valence-electron chi connectivity index (χ4n) is 2.56. The highest BCUT2D eigenvalue weighted by Crippen LogP contribution is 2.36. The molecule has 2 heterocycles. The highest BCUT2D eigenvalue weighted by Gasteiger charge is 2.35. The zero-order chi connectivity index (χ0) is 20.5. The third kappa shape index (κ3) is 4.50. The largest absolute Gasteiger partial charge is 0.453 e. The van der Waals surface area contributed by atoms with Gasteiger partial charge in [0.1, 0.15) is 11.9 Å². The van der Waals surface area contributed by atoms with Gasteiger partial charge in [0.05, 0.1) is 5.57 Å². The predicted molar refractivity (Wildman–Crippen MR) is 95.7 cm³/mol. The second-order valence-corrected chi connectivity index (χ2v) is 7.04. The molecule has 1 N–H and O–H groups in total. The monoisotopic (exact) mass is 433 g/mol. The number of halogens is 5. The van der Waals surface area contributed by atoms with E-state index >= 15 is 0 Å². The lowest BCUT2D eigenvalue weighted by molar-refractivity contribution is -0.183. The molecule has 1 atom stereocenters. The van der Waals surface area contributed by atoms with Crippen molar-refractivity contribution in [3.8, 4) is 0 Å². The van der Waals surface area contributed by atoms with Crippen molar-refractivity contribution in [3.05, 3.63) is 62.5 Å². The zero-order valence-electron chi connectivity index (χ0n) is 14.2. The summed E-state index contributed by atoms with van der Waals surface area (Å²) < 4.78 is 55.2. The third-order valence-corrected chi connectivity index (χ3v) is 4.83. The van der Waals surface area contributed by atoms with Gasteiger partial charge in [0.2, 0.25) is 0 Å². The number of hydrogen-bond acceptors (Lipinski definition) is 6. The van der Waals surface area contributed by atoms with Crippen molar-refractivity contribution >= 4 is 34.7 Å². The van der Waals surface area contributed by atoms with E-state index in [1.54, 1.807) is 11.6 Å². The van der Waals surface area contributed by atoms with E-state index in [1.165, 1.54) is 24.3 Å². The number of hydrogen-bond donors (Lipinski definition) is 1. The number of aliphatic imine (C=N–C) groups is 1. The Morgan fingerprint density at radius 1 is 1.39 bits per heavy atom. The number of carbonyl (C=O) groups excluding carboxylic acids is 1. The summed E-state index contributed by atoms with van der Waals surface area (Å²) in [4.78, 5) is 20.9. The van der Waals surface area contributed by atoms with Crippen molar-refractivity contribution in [1.82, 2.24) is 10.3 Å². The van der Waals surface area contributed by atoms with Crippen LogP contribution in [-0.2, 0) is 9.53 Å². The molecule has 1 aromatic carbocycles. The molecule has 0 bridgehead atoms. The number of aromatic nitrogens is 1. The normalized spacial score (nSPS) is 17.2. The van der Waals surface area contributed by atoms with E-state index < -0.39 is 30.6 Å². The van der Waals surface area contributed by atoms with E-state index in [0.29, 0.717) is 10.8 Å². The average molecular weight is 434 g/mol. The van der Waals surface area contributed by atoms with Gasteiger partial charge in [-0.2, -0.15) is 13.2 Å². The van der Waals surface area contributed by atoms with E-state index in [1.807, 2.05) is 0 Å². The van der Waals surface area contributed by atoms with Crippen molar-refractivity contribution in [2.24, 2.45) is 4.99 Å². The molecule has 0 saturated heterocycles. The number of amidine groups is 1. The standard InChI is InChI=1S/C17H12ClF4N3O2S/c1-8-12(16(26)27-7-17(20,21)22)13(10-3-2-9(19)6-11(10)18)25-14(24-8)15-23-4-5-28-15/h2-6,13H,7H2,1H3,(H,24,25)/t13-/m0/s1. The second-order valence-electron chi connectivity index (χ2n) is 5.74. The molecular formula is C17H12ClF4N3O2S. The van der Waals surface area contributed by atoms with Gasteiger partial charge in [0, 0.05) is 27.9 Å². The quantitative estimate of drug-likeness (QED) is 0.573. The molecule has 0 saturated carbocycles. The topological polar surface area (TPSA) is 63.6 Å². The molecule has 1 aromatic heterocycles. The Labute approximate surface area is 165 Å². The van der Waals surface area contributed by atoms with Gasteiger partial charge in [-0.1, -0.05) is 17.7 Å². The fourth-order valence-corrected chi connectivity index (χ4v) is 3.42. The van der Waals surface area contributed by atoms with Crippen LogP contribution in [0.15, 0.2) is 46.0 Å². The first-order valence-corrected chi connectivity index (χ1v) is 9.06.